The molecular formula is C53H38N2. The summed E-state index contributed by atoms with van der Waals surface area (Å²) in [4.78, 5) is 0. The van der Waals surface area contributed by atoms with Crippen molar-refractivity contribution in [3.8, 4) is 27.9 Å². The summed E-state index contributed by atoms with van der Waals surface area (Å²) < 4.78 is 4.92. The summed E-state index contributed by atoms with van der Waals surface area (Å²) in [5.74, 6) is 0. The van der Waals surface area contributed by atoms with Crippen molar-refractivity contribution in [2.45, 2.75) is 6.54 Å². The molecule has 0 radical (unpaired) electrons. The number of nitrogens with zero attached hydrogens (tertiary/aromatic N) is 2. The highest BCUT2D eigenvalue weighted by molar-refractivity contribution is 6.25. The molecule has 0 saturated carbocycles. The summed E-state index contributed by atoms with van der Waals surface area (Å²) in [7, 11) is 0. The van der Waals surface area contributed by atoms with Gasteiger partial charge >= 0.3 is 0 Å². The van der Waals surface area contributed by atoms with Gasteiger partial charge in [-0.1, -0.05) is 170 Å². The maximum atomic E-state index is 3.97. The highest BCUT2D eigenvalue weighted by atomic mass is 15.0. The maximum absolute atomic E-state index is 3.97. The topological polar surface area (TPSA) is 9.86 Å². The van der Waals surface area contributed by atoms with Crippen LogP contribution in [0.1, 0.15) is 5.56 Å². The fourth-order valence-electron chi connectivity index (χ4n) is 8.38. The van der Waals surface area contributed by atoms with Crippen LogP contribution in [-0.4, -0.2) is 9.13 Å². The Kier molecular flexibility index (Phi) is 8.08. The highest BCUT2D eigenvalue weighted by Gasteiger charge is 2.20. The Morgan fingerprint density at radius 2 is 1.09 bits per heavy atom. The number of allylic oxidation sites excluding steroid dienone is 5. The Morgan fingerprint density at radius 3 is 1.80 bits per heavy atom. The first-order valence-electron chi connectivity index (χ1n) is 18.9. The van der Waals surface area contributed by atoms with Crippen molar-refractivity contribution in [2.75, 3.05) is 0 Å². The molecule has 2 heterocycles. The molecule has 260 valence electrons. The molecule has 0 aliphatic heterocycles. The Bertz CT molecular complexity index is 3100. The van der Waals surface area contributed by atoms with Crippen LogP contribution in [0.2, 0.25) is 0 Å². The lowest BCUT2D eigenvalue weighted by atomic mass is 9.97. The highest BCUT2D eigenvalue weighted by Crippen LogP contribution is 2.41. The smallest absolute Gasteiger partial charge is 0.0641 e. The van der Waals surface area contributed by atoms with Crippen LogP contribution in [0, 0.1) is 0 Å². The Labute approximate surface area is 320 Å². The number of fused-ring (bicyclic) bond motifs is 8. The van der Waals surface area contributed by atoms with Gasteiger partial charge in [0.15, 0.2) is 0 Å². The minimum Gasteiger partial charge on any atom is -0.337 e. The summed E-state index contributed by atoms with van der Waals surface area (Å²) in [6.45, 7) is 4.71. The molecule has 0 saturated heterocycles. The molecule has 2 nitrogen and oxygen atoms in total. The number of aromatic nitrogens is 2. The Balaban J connectivity index is 1.08. The molecule has 0 aliphatic rings. The molecule has 0 spiro atoms. The molecule has 8 aromatic carbocycles. The van der Waals surface area contributed by atoms with Gasteiger partial charge in [0.05, 0.1) is 16.6 Å². The fourth-order valence-corrected chi connectivity index (χ4v) is 8.38. The zero-order chi connectivity index (χ0) is 36.7. The molecule has 0 N–H and O–H groups in total. The Hall–Kier alpha value is -7.16. The summed E-state index contributed by atoms with van der Waals surface area (Å²) in [6.07, 6.45) is 8.42. The van der Waals surface area contributed by atoms with Gasteiger partial charge in [0.1, 0.15) is 0 Å². The van der Waals surface area contributed by atoms with Crippen molar-refractivity contribution in [3.05, 3.63) is 218 Å². The zero-order valence-electron chi connectivity index (χ0n) is 30.4. The van der Waals surface area contributed by atoms with E-state index in [4.69, 9.17) is 0 Å². The van der Waals surface area contributed by atoms with E-state index in [1.165, 1.54) is 82.2 Å². The van der Waals surface area contributed by atoms with E-state index < -0.39 is 0 Å². The van der Waals surface area contributed by atoms with E-state index in [1.807, 2.05) is 6.08 Å². The van der Waals surface area contributed by atoms with Crippen molar-refractivity contribution in [2.24, 2.45) is 0 Å². The van der Waals surface area contributed by atoms with Crippen LogP contribution >= 0.6 is 0 Å². The average Bonchev–Trinajstić information content (AvgIpc) is 3.76. The van der Waals surface area contributed by atoms with E-state index >= 15 is 0 Å². The third-order valence-electron chi connectivity index (χ3n) is 11.0. The third-order valence-corrected chi connectivity index (χ3v) is 11.0. The van der Waals surface area contributed by atoms with Gasteiger partial charge in [-0.05, 0) is 86.6 Å². The molecule has 2 aromatic heterocycles. The average molecular weight is 703 g/mol. The quantitative estimate of drug-likeness (QED) is 0.140. The van der Waals surface area contributed by atoms with Crippen molar-refractivity contribution in [1.29, 1.82) is 0 Å². The third kappa shape index (κ3) is 5.67. The van der Waals surface area contributed by atoms with Crippen LogP contribution in [0.3, 0.4) is 0 Å². The second-order valence-electron chi connectivity index (χ2n) is 14.2. The SMILES string of the molecule is C=C/C=C(\C=C/Cn1c2ccccc2c2c1ccc1c3ccccc3n(-c3ccc(-c4ccc5cc(-c6ccccc6)ccc5c4)cc3)c12)c1ccccc1. The lowest BCUT2D eigenvalue weighted by molar-refractivity contribution is 0.899. The molecule has 0 bridgehead atoms. The lowest BCUT2D eigenvalue weighted by Gasteiger charge is -2.11. The number of hydrogen-bond donors (Lipinski definition) is 0. The van der Waals surface area contributed by atoms with E-state index in [0.29, 0.717) is 0 Å². The number of hydrogen-bond acceptors (Lipinski definition) is 0. The second-order valence-corrected chi connectivity index (χ2v) is 14.2. The first kappa shape index (κ1) is 32.5. The van der Waals surface area contributed by atoms with E-state index in [-0.39, 0.29) is 0 Å². The van der Waals surface area contributed by atoms with Gasteiger partial charge in [-0.25, -0.2) is 0 Å². The molecule has 0 aliphatic carbocycles. The molecular weight excluding hydrogens is 665 g/mol. The van der Waals surface area contributed by atoms with Crippen LogP contribution in [0.5, 0.6) is 0 Å². The number of benzene rings is 8. The summed E-state index contributed by atoms with van der Waals surface area (Å²) in [5.41, 5.74) is 13.2. The van der Waals surface area contributed by atoms with E-state index in [9.17, 15) is 0 Å². The van der Waals surface area contributed by atoms with Gasteiger partial charge in [0, 0.05) is 39.3 Å². The van der Waals surface area contributed by atoms with Gasteiger partial charge in [-0.3, -0.25) is 0 Å². The van der Waals surface area contributed by atoms with Crippen LogP contribution in [0.15, 0.2) is 213 Å². The van der Waals surface area contributed by atoms with Gasteiger partial charge in [0.25, 0.3) is 0 Å². The molecule has 0 atom stereocenters. The largest absolute Gasteiger partial charge is 0.337 e. The van der Waals surface area contributed by atoms with Crippen molar-refractivity contribution in [3.63, 3.8) is 0 Å². The lowest BCUT2D eigenvalue weighted by Crippen LogP contribution is -1.96. The van der Waals surface area contributed by atoms with Crippen LogP contribution in [-0.2, 0) is 6.54 Å². The van der Waals surface area contributed by atoms with Crippen molar-refractivity contribution in [1.82, 2.24) is 9.13 Å². The molecule has 2 heteroatoms. The second kappa shape index (κ2) is 13.7. The summed E-state index contributed by atoms with van der Waals surface area (Å²) >= 11 is 0. The molecule has 0 amide bonds. The molecule has 10 rings (SSSR count). The fraction of sp³-hybridized carbons (Fsp3) is 0.0189. The standard InChI is InChI=1S/C53H38N2/c1-2-14-37(38-15-5-3-6-16-38)19-13-34-54-49-22-11-10-21-48(49)52-51(54)33-32-47-46-20-9-12-23-50(46)55(53(47)52)45-30-28-40(29-31-45)42-25-27-43-35-41(24-26-44(43)36-42)39-17-7-4-8-18-39/h2-33,35-36H,1,34H2/b19-13-,37-14+. The molecule has 55 heavy (non-hydrogen) atoms. The predicted molar refractivity (Wildman–Crippen MR) is 236 cm³/mol. The van der Waals surface area contributed by atoms with Gasteiger partial charge in [-0.15, -0.1) is 0 Å². The molecule has 0 unspecified atom stereocenters. The zero-order valence-corrected chi connectivity index (χ0v) is 30.4. The first-order valence-corrected chi connectivity index (χ1v) is 18.9. The molecule has 10 aromatic rings. The Morgan fingerprint density at radius 1 is 0.491 bits per heavy atom. The monoisotopic (exact) mass is 702 g/mol. The minimum atomic E-state index is 0.741. The first-order chi connectivity index (χ1) is 27.2. The van der Waals surface area contributed by atoms with E-state index in [0.717, 1.165) is 17.8 Å². The molecule has 0 fully saturated rings. The normalized spacial score (nSPS) is 12.2. The number of para-hydroxylation sites is 2. The maximum Gasteiger partial charge on any atom is 0.0641 e. The van der Waals surface area contributed by atoms with Crippen LogP contribution in [0.25, 0.3) is 87.9 Å². The van der Waals surface area contributed by atoms with Crippen LogP contribution in [0.4, 0.5) is 0 Å². The summed E-state index contributed by atoms with van der Waals surface area (Å²) in [6, 6.07) is 66.0. The van der Waals surface area contributed by atoms with Gasteiger partial charge in [0.2, 0.25) is 0 Å². The van der Waals surface area contributed by atoms with E-state index in [2.05, 4.69) is 216 Å². The minimum absolute atomic E-state index is 0.741. The van der Waals surface area contributed by atoms with Crippen molar-refractivity contribution < 1.29 is 0 Å². The van der Waals surface area contributed by atoms with Crippen molar-refractivity contribution >= 4 is 60.0 Å². The predicted octanol–water partition coefficient (Wildman–Crippen LogP) is 14.2. The van der Waals surface area contributed by atoms with E-state index in [1.54, 1.807) is 0 Å². The van der Waals surface area contributed by atoms with Gasteiger partial charge < -0.3 is 9.13 Å². The van der Waals surface area contributed by atoms with Crippen LogP contribution < -0.4 is 0 Å². The number of rotatable bonds is 8. The van der Waals surface area contributed by atoms with Gasteiger partial charge in [-0.2, -0.15) is 0 Å². The summed E-state index contributed by atoms with van der Waals surface area (Å²) in [5, 5.41) is 7.53.